The molecule has 4 heteroatoms. The molecule has 0 aromatic rings. The van der Waals surface area contributed by atoms with Crippen molar-refractivity contribution in [2.75, 3.05) is 0 Å². The number of carbonyl (C=O) groups excluding carboxylic acids is 1. The Balaban J connectivity index is 1.62. The van der Waals surface area contributed by atoms with Crippen LogP contribution in [0.1, 0.15) is 66.2 Å². The molecule has 0 aromatic carbocycles. The molecule has 1 N–H and O–H groups in total. The molecule has 0 spiro atoms. The topological polar surface area (TPSA) is 55.8 Å². The summed E-state index contributed by atoms with van der Waals surface area (Å²) in [5.74, 6) is 1.12. The van der Waals surface area contributed by atoms with Crippen LogP contribution >= 0.6 is 0 Å². The summed E-state index contributed by atoms with van der Waals surface area (Å²) in [5, 5.41) is 9.71. The maximum atomic E-state index is 12.7. The largest absolute Gasteiger partial charge is 0.515 e. The SMILES string of the molecule is C=C1CC[C@H]2[C@@H]3[C@H]4OC(C)(C)O[C@@H]4[C@H]4CC(=O)C(=CO)C[C@]4(C)[C@H]3CC[C@]12C. The van der Waals surface area contributed by atoms with E-state index in [1.165, 1.54) is 18.4 Å². The van der Waals surface area contributed by atoms with E-state index in [9.17, 15) is 9.90 Å². The van der Waals surface area contributed by atoms with E-state index in [-0.39, 0.29) is 34.7 Å². The highest BCUT2D eigenvalue weighted by Crippen LogP contribution is 2.69. The first-order valence-electron chi connectivity index (χ1n) is 11.0. The molecule has 1 heterocycles. The fourth-order valence-corrected chi connectivity index (χ4v) is 7.98. The molecule has 0 radical (unpaired) electrons. The van der Waals surface area contributed by atoms with E-state index in [4.69, 9.17) is 9.47 Å². The lowest BCUT2D eigenvalue weighted by atomic mass is 9.43. The summed E-state index contributed by atoms with van der Waals surface area (Å²) in [7, 11) is 0. The zero-order valence-electron chi connectivity index (χ0n) is 17.7. The molecule has 0 amide bonds. The third-order valence-electron chi connectivity index (χ3n) is 9.41. The van der Waals surface area contributed by atoms with Crippen molar-refractivity contribution in [3.63, 3.8) is 0 Å². The van der Waals surface area contributed by atoms with Crippen LogP contribution in [0.5, 0.6) is 0 Å². The standard InChI is InChI=1S/C24H34O4/c1-13-6-7-15-19-16(8-9-23(13,15)4)24(5)11-14(12-25)18(26)10-17(24)20-21(19)28-22(2,3)27-20/h12,15-17,19-21,25H,1,6-11H2,2-5H3/t15-,16-,17+,19-,20+,21+,23+,24+/m0/s1. The highest BCUT2D eigenvalue weighted by Gasteiger charge is 2.68. The summed E-state index contributed by atoms with van der Waals surface area (Å²) in [6, 6.07) is 0. The Bertz CT molecular complexity index is 767. The van der Waals surface area contributed by atoms with Crippen molar-refractivity contribution in [3.05, 3.63) is 24.0 Å². The van der Waals surface area contributed by atoms with Crippen molar-refractivity contribution >= 4 is 5.78 Å². The number of Topliss-reactive ketones (excluding diaryl/α,β-unsaturated/α-hetero) is 1. The Kier molecular flexibility index (Phi) is 3.86. The molecule has 154 valence electrons. The molecule has 0 aromatic heterocycles. The first kappa shape index (κ1) is 18.9. The Morgan fingerprint density at radius 3 is 2.50 bits per heavy atom. The molecule has 1 saturated heterocycles. The van der Waals surface area contributed by atoms with E-state index in [1.807, 2.05) is 13.8 Å². The van der Waals surface area contributed by atoms with Gasteiger partial charge in [0.15, 0.2) is 11.6 Å². The van der Waals surface area contributed by atoms with E-state index in [1.54, 1.807) is 0 Å². The van der Waals surface area contributed by atoms with Gasteiger partial charge in [-0.05, 0) is 74.5 Å². The highest BCUT2D eigenvalue weighted by molar-refractivity contribution is 5.96. The maximum absolute atomic E-state index is 12.7. The number of rotatable bonds is 0. The number of fused-ring (bicyclic) bond motifs is 8. The van der Waals surface area contributed by atoms with Gasteiger partial charge in [-0.1, -0.05) is 26.0 Å². The van der Waals surface area contributed by atoms with Crippen LogP contribution in [0.3, 0.4) is 0 Å². The molecule has 5 fully saturated rings. The van der Waals surface area contributed by atoms with Gasteiger partial charge in [0.05, 0.1) is 18.5 Å². The molecule has 0 unspecified atom stereocenters. The Labute approximate surface area is 168 Å². The summed E-state index contributed by atoms with van der Waals surface area (Å²) in [5.41, 5.74) is 2.17. The summed E-state index contributed by atoms with van der Waals surface area (Å²) in [6.45, 7) is 13.2. The van der Waals surface area contributed by atoms with E-state index in [2.05, 4.69) is 20.4 Å². The van der Waals surface area contributed by atoms with E-state index in [0.717, 1.165) is 19.1 Å². The number of aliphatic hydroxyl groups is 1. The number of allylic oxidation sites excluding steroid dienone is 2. The van der Waals surface area contributed by atoms with Crippen LogP contribution in [0, 0.1) is 34.5 Å². The average Bonchev–Trinajstić information content (AvgIpc) is 3.11. The van der Waals surface area contributed by atoms with Crippen molar-refractivity contribution in [2.24, 2.45) is 34.5 Å². The van der Waals surface area contributed by atoms with Gasteiger partial charge in [0.2, 0.25) is 0 Å². The number of ketones is 1. The molecular formula is C24H34O4. The van der Waals surface area contributed by atoms with Crippen LogP contribution in [-0.2, 0) is 14.3 Å². The first-order chi connectivity index (χ1) is 13.1. The zero-order chi connectivity index (χ0) is 20.1. The molecule has 4 aliphatic carbocycles. The number of hydrogen-bond acceptors (Lipinski definition) is 4. The molecule has 5 aliphatic rings. The summed E-state index contributed by atoms with van der Waals surface area (Å²) < 4.78 is 13.0. The lowest BCUT2D eigenvalue weighted by molar-refractivity contribution is -0.169. The van der Waals surface area contributed by atoms with Crippen LogP contribution in [-0.4, -0.2) is 28.9 Å². The van der Waals surface area contributed by atoms with Crippen LogP contribution in [0.25, 0.3) is 0 Å². The molecule has 0 bridgehead atoms. The number of hydrogen-bond donors (Lipinski definition) is 1. The molecule has 5 rings (SSSR count). The third kappa shape index (κ3) is 2.28. The van der Waals surface area contributed by atoms with Gasteiger partial charge < -0.3 is 14.6 Å². The second-order valence-corrected chi connectivity index (χ2v) is 11.0. The fourth-order valence-electron chi connectivity index (χ4n) is 7.98. The summed E-state index contributed by atoms with van der Waals surface area (Å²) >= 11 is 0. The zero-order valence-corrected chi connectivity index (χ0v) is 17.7. The van der Waals surface area contributed by atoms with Gasteiger partial charge in [0, 0.05) is 17.9 Å². The normalized spacial score (nSPS) is 53.5. The Hall–Kier alpha value is -1.13. The van der Waals surface area contributed by atoms with Crippen LogP contribution in [0.2, 0.25) is 0 Å². The van der Waals surface area contributed by atoms with Crippen LogP contribution < -0.4 is 0 Å². The molecule has 4 nitrogen and oxygen atoms in total. The molecular weight excluding hydrogens is 352 g/mol. The molecule has 28 heavy (non-hydrogen) atoms. The maximum Gasteiger partial charge on any atom is 0.163 e. The fraction of sp³-hybridized carbons (Fsp3) is 0.792. The van der Waals surface area contributed by atoms with Crippen molar-refractivity contribution < 1.29 is 19.4 Å². The van der Waals surface area contributed by atoms with Gasteiger partial charge in [-0.2, -0.15) is 0 Å². The minimum atomic E-state index is -0.606. The van der Waals surface area contributed by atoms with Gasteiger partial charge in [-0.3, -0.25) is 4.79 Å². The minimum Gasteiger partial charge on any atom is -0.515 e. The van der Waals surface area contributed by atoms with Crippen LogP contribution in [0.15, 0.2) is 24.0 Å². The number of ether oxygens (including phenoxy) is 2. The van der Waals surface area contributed by atoms with E-state index in [0.29, 0.717) is 36.2 Å². The van der Waals surface area contributed by atoms with Gasteiger partial charge in [-0.15, -0.1) is 0 Å². The van der Waals surface area contributed by atoms with E-state index < -0.39 is 5.79 Å². The third-order valence-corrected chi connectivity index (χ3v) is 9.41. The van der Waals surface area contributed by atoms with Crippen molar-refractivity contribution in [1.82, 2.24) is 0 Å². The Morgan fingerprint density at radius 1 is 1.07 bits per heavy atom. The number of aliphatic hydroxyl groups excluding tert-OH is 1. The van der Waals surface area contributed by atoms with Gasteiger partial charge in [0.25, 0.3) is 0 Å². The Morgan fingerprint density at radius 2 is 1.79 bits per heavy atom. The van der Waals surface area contributed by atoms with Gasteiger partial charge in [0.1, 0.15) is 0 Å². The molecule has 4 saturated carbocycles. The quantitative estimate of drug-likeness (QED) is 0.364. The monoisotopic (exact) mass is 386 g/mol. The van der Waals surface area contributed by atoms with Crippen molar-refractivity contribution in [2.45, 2.75) is 84.2 Å². The first-order valence-corrected chi connectivity index (χ1v) is 11.0. The lowest BCUT2D eigenvalue weighted by Gasteiger charge is -2.62. The van der Waals surface area contributed by atoms with E-state index >= 15 is 0 Å². The second kappa shape index (κ2) is 5.72. The van der Waals surface area contributed by atoms with Crippen molar-refractivity contribution in [1.29, 1.82) is 0 Å². The molecule has 1 aliphatic heterocycles. The highest BCUT2D eigenvalue weighted by atomic mass is 16.8. The number of carbonyl (C=O) groups is 1. The molecule has 8 atom stereocenters. The predicted molar refractivity (Wildman–Crippen MR) is 107 cm³/mol. The summed E-state index contributed by atoms with van der Waals surface area (Å²) in [4.78, 5) is 12.7. The van der Waals surface area contributed by atoms with Crippen molar-refractivity contribution in [3.8, 4) is 0 Å². The second-order valence-electron chi connectivity index (χ2n) is 11.0. The minimum absolute atomic E-state index is 0.0384. The average molecular weight is 387 g/mol. The van der Waals surface area contributed by atoms with Gasteiger partial charge >= 0.3 is 0 Å². The van der Waals surface area contributed by atoms with Crippen LogP contribution in [0.4, 0.5) is 0 Å². The smallest absolute Gasteiger partial charge is 0.163 e. The van der Waals surface area contributed by atoms with Gasteiger partial charge in [-0.25, -0.2) is 0 Å². The summed E-state index contributed by atoms with van der Waals surface area (Å²) in [6.07, 6.45) is 6.82. The predicted octanol–water partition coefficient (Wildman–Crippen LogP) is 4.95. The lowest BCUT2D eigenvalue weighted by Crippen LogP contribution is -2.63.